The number of hydrogen-bond donors (Lipinski definition) is 1. The molecule has 3 nitrogen and oxygen atoms in total. The predicted molar refractivity (Wildman–Crippen MR) is 97.9 cm³/mol. The molecule has 1 N–H and O–H groups in total. The van der Waals surface area contributed by atoms with E-state index in [9.17, 15) is 13.2 Å². The van der Waals surface area contributed by atoms with Gasteiger partial charge in [-0.15, -0.1) is 11.3 Å². The zero-order valence-corrected chi connectivity index (χ0v) is 15.0. The van der Waals surface area contributed by atoms with E-state index in [-0.39, 0.29) is 0 Å². The van der Waals surface area contributed by atoms with Crippen LogP contribution in [0.4, 0.5) is 18.3 Å². The molecule has 0 spiro atoms. The molecule has 0 saturated heterocycles. The summed E-state index contributed by atoms with van der Waals surface area (Å²) in [7, 11) is 0. The van der Waals surface area contributed by atoms with E-state index in [0.717, 1.165) is 23.4 Å². The van der Waals surface area contributed by atoms with Crippen LogP contribution in [-0.4, -0.2) is 11.2 Å². The normalized spacial score (nSPS) is 11.8. The Morgan fingerprint density at radius 3 is 2.60 bits per heavy atom. The van der Waals surface area contributed by atoms with Crippen LogP contribution in [0.1, 0.15) is 11.1 Å². The number of thiazole rings is 1. The van der Waals surface area contributed by atoms with Gasteiger partial charge in [0.25, 0.3) is 0 Å². The Kier molecular flexibility index (Phi) is 5.19. The predicted octanol–water partition coefficient (Wildman–Crippen LogP) is 6.04. The summed E-state index contributed by atoms with van der Waals surface area (Å²) < 4.78 is 38.8. The molecule has 1 heterocycles. The zero-order valence-electron chi connectivity index (χ0n) is 12.6. The number of halogens is 4. The van der Waals surface area contributed by atoms with Crippen molar-refractivity contribution in [3.8, 4) is 11.3 Å². The first-order chi connectivity index (χ1) is 11.9. The average molecular weight is 426 g/mol. The summed E-state index contributed by atoms with van der Waals surface area (Å²) in [5.74, 6) is 0. The van der Waals surface area contributed by atoms with Gasteiger partial charge in [0.05, 0.1) is 17.5 Å². The van der Waals surface area contributed by atoms with Crippen LogP contribution in [-0.2, 0) is 6.18 Å². The van der Waals surface area contributed by atoms with Gasteiger partial charge in [-0.25, -0.2) is 4.98 Å². The van der Waals surface area contributed by atoms with Crippen LogP contribution in [0.15, 0.2) is 63.5 Å². The van der Waals surface area contributed by atoms with Gasteiger partial charge in [0.15, 0.2) is 0 Å². The molecule has 0 saturated carbocycles. The number of hydrogen-bond acceptors (Lipinski definition) is 4. The van der Waals surface area contributed by atoms with Crippen molar-refractivity contribution in [1.82, 2.24) is 4.98 Å². The van der Waals surface area contributed by atoms with Crippen molar-refractivity contribution >= 4 is 38.6 Å². The third-order valence-corrected chi connectivity index (χ3v) is 4.40. The smallest absolute Gasteiger partial charge is 0.253 e. The lowest BCUT2D eigenvalue weighted by Crippen LogP contribution is -2.05. The van der Waals surface area contributed by atoms with Crippen molar-refractivity contribution in [2.24, 2.45) is 5.10 Å². The van der Waals surface area contributed by atoms with E-state index in [2.05, 4.69) is 31.4 Å². The summed E-state index contributed by atoms with van der Waals surface area (Å²) >= 11 is 4.44. The molecule has 0 aliphatic heterocycles. The number of hydrazone groups is 1. The number of nitrogens with one attached hydrogen (secondary N) is 1. The molecular formula is C17H11BrF3N3S. The van der Waals surface area contributed by atoms with Gasteiger partial charge in [-0.2, -0.15) is 18.3 Å². The van der Waals surface area contributed by atoms with E-state index in [4.69, 9.17) is 0 Å². The molecule has 0 aliphatic carbocycles. The van der Waals surface area contributed by atoms with E-state index in [1.54, 1.807) is 6.07 Å². The number of alkyl halides is 3. The lowest BCUT2D eigenvalue weighted by Gasteiger charge is -2.07. The topological polar surface area (TPSA) is 37.3 Å². The highest BCUT2D eigenvalue weighted by Gasteiger charge is 2.30. The van der Waals surface area contributed by atoms with Gasteiger partial charge in [0.2, 0.25) is 5.13 Å². The quantitative estimate of drug-likeness (QED) is 0.408. The summed E-state index contributed by atoms with van der Waals surface area (Å²) in [6.45, 7) is 0. The van der Waals surface area contributed by atoms with Gasteiger partial charge < -0.3 is 0 Å². The monoisotopic (exact) mass is 425 g/mol. The molecule has 25 heavy (non-hydrogen) atoms. The van der Waals surface area contributed by atoms with Crippen LogP contribution in [0.5, 0.6) is 0 Å². The first-order valence-electron chi connectivity index (χ1n) is 7.09. The fourth-order valence-corrected chi connectivity index (χ4v) is 3.26. The van der Waals surface area contributed by atoms with Crippen molar-refractivity contribution in [3.63, 3.8) is 0 Å². The van der Waals surface area contributed by atoms with Crippen molar-refractivity contribution in [1.29, 1.82) is 0 Å². The SMILES string of the molecule is FC(F)(F)c1cc(Br)cc(C=NNc2nc(-c3ccccc3)cs2)c1. The second kappa shape index (κ2) is 7.37. The Hall–Kier alpha value is -2.19. The molecule has 1 aromatic heterocycles. The molecule has 3 rings (SSSR count). The molecule has 0 aliphatic rings. The Balaban J connectivity index is 1.72. The fraction of sp³-hybridized carbons (Fsp3) is 0.0588. The minimum atomic E-state index is -4.40. The first kappa shape index (κ1) is 17.6. The maximum atomic E-state index is 12.8. The Labute approximate surface area is 154 Å². The largest absolute Gasteiger partial charge is 0.416 e. The zero-order chi connectivity index (χ0) is 17.9. The first-order valence-corrected chi connectivity index (χ1v) is 8.77. The summed E-state index contributed by atoms with van der Waals surface area (Å²) in [5, 5.41) is 6.41. The number of anilines is 1. The summed E-state index contributed by atoms with van der Waals surface area (Å²) in [6.07, 6.45) is -3.08. The third kappa shape index (κ3) is 4.67. The Morgan fingerprint density at radius 2 is 1.88 bits per heavy atom. The molecule has 3 aromatic rings. The second-order valence-electron chi connectivity index (χ2n) is 5.04. The van der Waals surface area contributed by atoms with E-state index in [1.807, 2.05) is 35.7 Å². The Morgan fingerprint density at radius 1 is 1.12 bits per heavy atom. The number of benzene rings is 2. The lowest BCUT2D eigenvalue weighted by molar-refractivity contribution is -0.137. The fourth-order valence-electron chi connectivity index (χ4n) is 2.08. The van der Waals surface area contributed by atoms with Crippen molar-refractivity contribution in [2.75, 3.05) is 5.43 Å². The van der Waals surface area contributed by atoms with Crippen molar-refractivity contribution in [2.45, 2.75) is 6.18 Å². The van der Waals surface area contributed by atoms with E-state index < -0.39 is 11.7 Å². The standard InChI is InChI=1S/C17H11BrF3N3S/c18-14-7-11(6-13(8-14)17(19,20)21)9-22-24-16-23-15(10-25-16)12-4-2-1-3-5-12/h1-10H,(H,23,24). The van der Waals surface area contributed by atoms with E-state index in [0.29, 0.717) is 15.2 Å². The van der Waals surface area contributed by atoms with Gasteiger partial charge in [0, 0.05) is 15.4 Å². The third-order valence-electron chi connectivity index (χ3n) is 3.19. The molecule has 0 bridgehead atoms. The van der Waals surface area contributed by atoms with Crippen LogP contribution >= 0.6 is 27.3 Å². The Bertz CT molecular complexity index is 892. The molecule has 2 aromatic carbocycles. The number of aromatic nitrogens is 1. The summed E-state index contributed by atoms with van der Waals surface area (Å²) in [6, 6.07) is 13.3. The van der Waals surface area contributed by atoms with Crippen LogP contribution in [0, 0.1) is 0 Å². The maximum Gasteiger partial charge on any atom is 0.416 e. The number of nitrogens with zero attached hydrogens (tertiary/aromatic N) is 2. The van der Waals surface area contributed by atoms with Gasteiger partial charge in [-0.05, 0) is 23.8 Å². The molecule has 0 fully saturated rings. The minimum absolute atomic E-state index is 0.328. The summed E-state index contributed by atoms with van der Waals surface area (Å²) in [4.78, 5) is 4.39. The van der Waals surface area contributed by atoms with Crippen LogP contribution < -0.4 is 5.43 Å². The van der Waals surface area contributed by atoms with Crippen molar-refractivity contribution in [3.05, 3.63) is 69.5 Å². The van der Waals surface area contributed by atoms with Crippen molar-refractivity contribution < 1.29 is 13.2 Å². The lowest BCUT2D eigenvalue weighted by atomic mass is 10.1. The molecule has 8 heteroatoms. The molecule has 0 radical (unpaired) electrons. The summed E-state index contributed by atoms with van der Waals surface area (Å²) in [5.41, 5.74) is 4.13. The van der Waals surface area contributed by atoms with Gasteiger partial charge in [0.1, 0.15) is 0 Å². The second-order valence-corrected chi connectivity index (χ2v) is 6.82. The molecule has 0 atom stereocenters. The highest BCUT2D eigenvalue weighted by atomic mass is 79.9. The van der Waals surface area contributed by atoms with Gasteiger partial charge in [-0.3, -0.25) is 5.43 Å². The highest BCUT2D eigenvalue weighted by Crippen LogP contribution is 2.31. The average Bonchev–Trinajstić information content (AvgIpc) is 3.03. The molecule has 0 amide bonds. The maximum absolute atomic E-state index is 12.8. The van der Waals surface area contributed by atoms with E-state index in [1.165, 1.54) is 17.6 Å². The molecular weight excluding hydrogens is 415 g/mol. The van der Waals surface area contributed by atoms with Crippen LogP contribution in [0.2, 0.25) is 0 Å². The molecule has 0 unspecified atom stereocenters. The van der Waals surface area contributed by atoms with Gasteiger partial charge >= 0.3 is 6.18 Å². The van der Waals surface area contributed by atoms with Crippen LogP contribution in [0.25, 0.3) is 11.3 Å². The highest BCUT2D eigenvalue weighted by molar-refractivity contribution is 9.10. The van der Waals surface area contributed by atoms with Gasteiger partial charge in [-0.1, -0.05) is 46.3 Å². The number of rotatable bonds is 4. The molecule has 128 valence electrons. The van der Waals surface area contributed by atoms with Crippen LogP contribution in [0.3, 0.4) is 0 Å². The minimum Gasteiger partial charge on any atom is -0.253 e. The van der Waals surface area contributed by atoms with E-state index >= 15 is 0 Å².